The lowest BCUT2D eigenvalue weighted by Crippen LogP contribution is -2.20. The molecule has 182 valence electrons. The maximum Gasteiger partial charge on any atom is 0.418 e. The second kappa shape index (κ2) is 9.53. The lowest BCUT2D eigenvalue weighted by molar-refractivity contribution is -0.136. The Morgan fingerprint density at radius 3 is 2.40 bits per heavy atom. The van der Waals surface area contributed by atoms with Crippen molar-refractivity contribution < 1.29 is 41.4 Å². The normalized spacial score (nSPS) is 12.6. The van der Waals surface area contributed by atoms with Crippen LogP contribution in [0.4, 0.5) is 28.9 Å². The van der Waals surface area contributed by atoms with Crippen LogP contribution in [0.1, 0.15) is 26.3 Å². The van der Waals surface area contributed by atoms with E-state index in [2.05, 4.69) is 10.6 Å². The lowest BCUT2D eigenvalue weighted by atomic mass is 10.1. The number of carbonyl (C=O) groups excluding carboxylic acids is 2. The zero-order chi connectivity index (χ0) is 25.2. The number of nitrogens with one attached hydrogen (secondary N) is 2. The molecule has 3 aromatic carbocycles. The van der Waals surface area contributed by atoms with Crippen molar-refractivity contribution in [3.05, 3.63) is 77.1 Å². The first-order valence-electron chi connectivity index (χ1n) is 10.2. The molecule has 1 heterocycles. The molecule has 0 atom stereocenters. The van der Waals surface area contributed by atoms with Gasteiger partial charge in [-0.15, -0.1) is 0 Å². The third-order valence-electron chi connectivity index (χ3n) is 5.04. The third-order valence-corrected chi connectivity index (χ3v) is 5.04. The molecule has 1 aliphatic heterocycles. The Morgan fingerprint density at radius 2 is 1.69 bits per heavy atom. The fraction of sp³-hybridized carbons (Fsp3) is 0.167. The number of fused-ring (bicyclic) bond motifs is 1. The summed E-state index contributed by atoms with van der Waals surface area (Å²) in [6, 6.07) is 10.5. The maximum atomic E-state index is 13.8. The molecular formula is C24H18F4N2O5. The number of hydrogen-bond donors (Lipinski definition) is 2. The number of hydrogen-bond acceptors (Lipinski definition) is 5. The number of ether oxygens (including phenoxy) is 3. The van der Waals surface area contributed by atoms with Gasteiger partial charge >= 0.3 is 6.18 Å². The summed E-state index contributed by atoms with van der Waals surface area (Å²) in [5, 5.41) is 4.46. The molecule has 0 saturated carbocycles. The van der Waals surface area contributed by atoms with Gasteiger partial charge in [-0.1, -0.05) is 12.1 Å². The molecule has 0 radical (unpaired) electrons. The van der Waals surface area contributed by atoms with Crippen molar-refractivity contribution in [2.24, 2.45) is 0 Å². The first-order chi connectivity index (χ1) is 16.7. The number of halogens is 4. The van der Waals surface area contributed by atoms with Crippen molar-refractivity contribution in [2.45, 2.75) is 6.18 Å². The van der Waals surface area contributed by atoms with Crippen LogP contribution >= 0.6 is 0 Å². The van der Waals surface area contributed by atoms with Crippen LogP contribution in [0.15, 0.2) is 54.6 Å². The molecule has 0 aliphatic carbocycles. The van der Waals surface area contributed by atoms with Crippen LogP contribution in [0.3, 0.4) is 0 Å². The molecule has 2 N–H and O–H groups in total. The van der Waals surface area contributed by atoms with Gasteiger partial charge < -0.3 is 24.8 Å². The monoisotopic (exact) mass is 490 g/mol. The molecule has 3 aromatic rings. The molecule has 2 amide bonds. The fourth-order valence-electron chi connectivity index (χ4n) is 3.41. The number of carbonyl (C=O) groups is 2. The highest BCUT2D eigenvalue weighted by atomic mass is 19.4. The van der Waals surface area contributed by atoms with Gasteiger partial charge in [0.1, 0.15) is 19.0 Å². The van der Waals surface area contributed by atoms with Gasteiger partial charge in [-0.2, -0.15) is 13.2 Å². The van der Waals surface area contributed by atoms with E-state index in [1.807, 2.05) is 0 Å². The highest BCUT2D eigenvalue weighted by Gasteiger charge is 2.35. The number of rotatable bonds is 5. The van der Waals surface area contributed by atoms with Gasteiger partial charge in [0, 0.05) is 11.3 Å². The van der Waals surface area contributed by atoms with E-state index in [9.17, 15) is 27.2 Å². The van der Waals surface area contributed by atoms with Gasteiger partial charge in [-0.05, 0) is 42.5 Å². The van der Waals surface area contributed by atoms with Crippen molar-refractivity contribution in [2.75, 3.05) is 31.0 Å². The van der Waals surface area contributed by atoms with Crippen molar-refractivity contribution in [3.8, 4) is 17.2 Å². The van der Waals surface area contributed by atoms with Crippen LogP contribution in [0, 0.1) is 5.82 Å². The quantitative estimate of drug-likeness (QED) is 0.485. The Hall–Kier alpha value is -4.28. The summed E-state index contributed by atoms with van der Waals surface area (Å²) < 4.78 is 71.2. The smallest absolute Gasteiger partial charge is 0.418 e. The molecule has 1 aliphatic rings. The van der Waals surface area contributed by atoms with Gasteiger partial charge in [0.15, 0.2) is 11.5 Å². The summed E-state index contributed by atoms with van der Waals surface area (Å²) in [6.45, 7) is 0.517. The van der Waals surface area contributed by atoms with Crippen LogP contribution < -0.4 is 24.8 Å². The fourth-order valence-corrected chi connectivity index (χ4v) is 3.41. The first-order valence-corrected chi connectivity index (χ1v) is 10.2. The summed E-state index contributed by atoms with van der Waals surface area (Å²) in [4.78, 5) is 25.1. The Kier molecular flexibility index (Phi) is 6.50. The van der Waals surface area contributed by atoms with Gasteiger partial charge in [0.25, 0.3) is 11.8 Å². The summed E-state index contributed by atoms with van der Waals surface area (Å²) in [6.07, 6.45) is -4.87. The Morgan fingerprint density at radius 1 is 0.943 bits per heavy atom. The van der Waals surface area contributed by atoms with Crippen LogP contribution in [-0.4, -0.2) is 32.1 Å². The molecule has 0 unspecified atom stereocenters. The SMILES string of the molecule is COc1cc(C(=O)Nc2ccc(NC(=O)c3ccccc3F)cc2C(F)(F)F)cc2c1OCCO2. The van der Waals surface area contributed by atoms with Gasteiger partial charge in [0.05, 0.1) is 23.9 Å². The predicted octanol–water partition coefficient (Wildman–Crippen LogP) is 5.13. The molecular weight excluding hydrogens is 472 g/mol. The number of anilines is 2. The van der Waals surface area contributed by atoms with Crippen molar-refractivity contribution in [1.82, 2.24) is 0 Å². The molecule has 0 saturated heterocycles. The van der Waals surface area contributed by atoms with E-state index >= 15 is 0 Å². The second-order valence-electron chi connectivity index (χ2n) is 7.35. The third kappa shape index (κ3) is 5.13. The standard InChI is InChI=1S/C24H18F4N2O5/c1-33-19-10-13(11-20-21(19)35-9-8-34-20)22(31)30-18-7-6-14(12-16(18)24(26,27)28)29-23(32)15-4-2-3-5-17(15)25/h2-7,10-12H,8-9H2,1H3,(H,29,32)(H,30,31). The highest BCUT2D eigenvalue weighted by Crippen LogP contribution is 2.41. The summed E-state index contributed by atoms with van der Waals surface area (Å²) in [5.41, 5.74) is -2.33. The van der Waals surface area contributed by atoms with E-state index in [0.717, 1.165) is 18.2 Å². The minimum atomic E-state index is -4.87. The van der Waals surface area contributed by atoms with Crippen LogP contribution in [-0.2, 0) is 6.18 Å². The van der Waals surface area contributed by atoms with Gasteiger partial charge in [-0.25, -0.2) is 4.39 Å². The van der Waals surface area contributed by atoms with E-state index in [0.29, 0.717) is 11.8 Å². The average molecular weight is 490 g/mol. The predicted molar refractivity (Wildman–Crippen MR) is 118 cm³/mol. The van der Waals surface area contributed by atoms with E-state index in [4.69, 9.17) is 14.2 Å². The van der Waals surface area contributed by atoms with Crippen LogP contribution in [0.25, 0.3) is 0 Å². The van der Waals surface area contributed by atoms with Crippen molar-refractivity contribution >= 4 is 23.2 Å². The van der Waals surface area contributed by atoms with Crippen LogP contribution in [0.2, 0.25) is 0 Å². The molecule has 0 bridgehead atoms. The summed E-state index contributed by atoms with van der Waals surface area (Å²) in [5.74, 6) is -1.89. The zero-order valence-corrected chi connectivity index (χ0v) is 18.2. The topological polar surface area (TPSA) is 85.9 Å². The van der Waals surface area contributed by atoms with Gasteiger partial charge in [0.2, 0.25) is 5.75 Å². The van der Waals surface area contributed by atoms with Crippen molar-refractivity contribution in [1.29, 1.82) is 0 Å². The Balaban J connectivity index is 1.61. The largest absolute Gasteiger partial charge is 0.493 e. The molecule has 0 aromatic heterocycles. The average Bonchev–Trinajstić information content (AvgIpc) is 2.83. The number of methoxy groups -OCH3 is 1. The molecule has 0 fully saturated rings. The number of benzene rings is 3. The maximum absolute atomic E-state index is 13.8. The minimum Gasteiger partial charge on any atom is -0.493 e. The second-order valence-corrected chi connectivity index (χ2v) is 7.35. The molecule has 0 spiro atoms. The Bertz CT molecular complexity index is 1280. The summed E-state index contributed by atoms with van der Waals surface area (Å²) in [7, 11) is 1.35. The van der Waals surface area contributed by atoms with E-state index < -0.39 is 35.1 Å². The lowest BCUT2D eigenvalue weighted by Gasteiger charge is -2.21. The van der Waals surface area contributed by atoms with E-state index in [-0.39, 0.29) is 41.5 Å². The number of amides is 2. The van der Waals surface area contributed by atoms with Crippen molar-refractivity contribution in [3.63, 3.8) is 0 Å². The Labute approximate surface area is 196 Å². The minimum absolute atomic E-state index is 0.0174. The molecule has 4 rings (SSSR count). The van der Waals surface area contributed by atoms with Crippen LogP contribution in [0.5, 0.6) is 17.2 Å². The number of alkyl halides is 3. The zero-order valence-electron chi connectivity index (χ0n) is 18.2. The highest BCUT2D eigenvalue weighted by molar-refractivity contribution is 6.06. The molecule has 11 heteroatoms. The molecule has 35 heavy (non-hydrogen) atoms. The van der Waals surface area contributed by atoms with Gasteiger partial charge in [-0.3, -0.25) is 9.59 Å². The first kappa shape index (κ1) is 23.9. The molecule has 7 nitrogen and oxygen atoms in total. The summed E-state index contributed by atoms with van der Waals surface area (Å²) >= 11 is 0. The van der Waals surface area contributed by atoms with E-state index in [1.54, 1.807) is 0 Å². The van der Waals surface area contributed by atoms with E-state index in [1.165, 1.54) is 37.4 Å².